The summed E-state index contributed by atoms with van der Waals surface area (Å²) in [5, 5.41) is 12.4. The fraction of sp³-hybridized carbons (Fsp3) is 0.538. The number of halogens is 1. The number of aryl methyl sites for hydroxylation is 1. The first-order valence-electron chi connectivity index (χ1n) is 5.86. The van der Waals surface area contributed by atoms with Gasteiger partial charge in [-0.3, -0.25) is 0 Å². The molecular formula is C13H18FNO. The van der Waals surface area contributed by atoms with Gasteiger partial charge in [-0.15, -0.1) is 0 Å². The number of fused-ring (bicyclic) bond motifs is 1. The van der Waals surface area contributed by atoms with E-state index in [-0.39, 0.29) is 24.5 Å². The average molecular weight is 223 g/mol. The van der Waals surface area contributed by atoms with E-state index in [1.165, 1.54) is 11.6 Å². The fourth-order valence-electron chi connectivity index (χ4n) is 2.34. The third-order valence-electron chi connectivity index (χ3n) is 3.18. The van der Waals surface area contributed by atoms with E-state index in [1.54, 1.807) is 6.07 Å². The smallest absolute Gasteiger partial charge is 0.123 e. The van der Waals surface area contributed by atoms with Gasteiger partial charge in [0.1, 0.15) is 5.82 Å². The minimum Gasteiger partial charge on any atom is -0.395 e. The van der Waals surface area contributed by atoms with Gasteiger partial charge in [0.25, 0.3) is 0 Å². The van der Waals surface area contributed by atoms with Crippen LogP contribution in [0.4, 0.5) is 4.39 Å². The van der Waals surface area contributed by atoms with Gasteiger partial charge in [0.2, 0.25) is 0 Å². The highest BCUT2D eigenvalue weighted by molar-refractivity contribution is 5.32. The minimum absolute atomic E-state index is 0.0548. The fourth-order valence-corrected chi connectivity index (χ4v) is 2.34. The lowest BCUT2D eigenvalue weighted by molar-refractivity contribution is 0.236. The van der Waals surface area contributed by atoms with Gasteiger partial charge in [0.15, 0.2) is 0 Å². The van der Waals surface area contributed by atoms with Gasteiger partial charge in [0.05, 0.1) is 6.61 Å². The summed E-state index contributed by atoms with van der Waals surface area (Å²) in [6.07, 6.45) is 3.16. The molecule has 3 heteroatoms. The van der Waals surface area contributed by atoms with Gasteiger partial charge in [-0.2, -0.15) is 0 Å². The van der Waals surface area contributed by atoms with E-state index < -0.39 is 0 Å². The predicted molar refractivity (Wildman–Crippen MR) is 61.8 cm³/mol. The number of nitrogens with one attached hydrogen (secondary N) is 1. The van der Waals surface area contributed by atoms with Crippen LogP contribution in [0.1, 0.15) is 36.9 Å². The molecule has 0 aromatic heterocycles. The van der Waals surface area contributed by atoms with Crippen LogP contribution in [-0.2, 0) is 6.42 Å². The zero-order valence-corrected chi connectivity index (χ0v) is 9.54. The predicted octanol–water partition coefficient (Wildman–Crippen LogP) is 2.17. The van der Waals surface area contributed by atoms with Crippen molar-refractivity contribution < 1.29 is 9.50 Å². The minimum atomic E-state index is -0.177. The second-order valence-electron chi connectivity index (χ2n) is 4.54. The van der Waals surface area contributed by atoms with Crippen LogP contribution in [0, 0.1) is 5.82 Å². The van der Waals surface area contributed by atoms with E-state index in [9.17, 15) is 4.39 Å². The van der Waals surface area contributed by atoms with E-state index in [1.807, 2.05) is 13.0 Å². The molecule has 1 aromatic rings. The van der Waals surface area contributed by atoms with E-state index in [4.69, 9.17) is 5.11 Å². The lowest BCUT2D eigenvalue weighted by atomic mass is 9.87. The van der Waals surface area contributed by atoms with Gasteiger partial charge in [-0.05, 0) is 49.4 Å². The average Bonchev–Trinajstić information content (AvgIpc) is 2.29. The molecule has 1 aliphatic carbocycles. The molecule has 2 N–H and O–H groups in total. The SMILES string of the molecule is C[C@@H](CO)NC1CCCc2ccc(F)cc21. The molecule has 0 aliphatic heterocycles. The Bertz CT molecular complexity index is 367. The number of rotatable bonds is 3. The van der Waals surface area contributed by atoms with Crippen molar-refractivity contribution >= 4 is 0 Å². The van der Waals surface area contributed by atoms with Gasteiger partial charge in [-0.25, -0.2) is 4.39 Å². The number of hydrogen-bond donors (Lipinski definition) is 2. The first kappa shape index (κ1) is 11.6. The second-order valence-corrected chi connectivity index (χ2v) is 4.54. The third kappa shape index (κ3) is 2.42. The van der Waals surface area contributed by atoms with E-state index in [0.717, 1.165) is 24.8 Å². The lowest BCUT2D eigenvalue weighted by Crippen LogP contribution is -2.35. The molecule has 2 atom stereocenters. The molecule has 1 aliphatic rings. The maximum absolute atomic E-state index is 13.2. The van der Waals surface area contributed by atoms with E-state index in [2.05, 4.69) is 5.32 Å². The zero-order chi connectivity index (χ0) is 11.5. The van der Waals surface area contributed by atoms with Gasteiger partial charge in [0, 0.05) is 12.1 Å². The Balaban J connectivity index is 2.21. The molecule has 0 heterocycles. The first-order valence-corrected chi connectivity index (χ1v) is 5.86. The van der Waals surface area contributed by atoms with Crippen LogP contribution in [0.25, 0.3) is 0 Å². The number of aliphatic hydroxyl groups excluding tert-OH is 1. The summed E-state index contributed by atoms with van der Waals surface area (Å²) in [5.74, 6) is -0.177. The molecule has 0 amide bonds. The molecule has 88 valence electrons. The van der Waals surface area contributed by atoms with Gasteiger partial charge in [-0.1, -0.05) is 6.07 Å². The van der Waals surface area contributed by atoms with Gasteiger partial charge < -0.3 is 10.4 Å². The Labute approximate surface area is 95.5 Å². The monoisotopic (exact) mass is 223 g/mol. The van der Waals surface area contributed by atoms with Crippen molar-refractivity contribution in [1.29, 1.82) is 0 Å². The Hall–Kier alpha value is -0.930. The molecule has 0 bridgehead atoms. The first-order chi connectivity index (χ1) is 7.70. The van der Waals surface area contributed by atoms with Crippen molar-refractivity contribution in [2.45, 2.75) is 38.3 Å². The zero-order valence-electron chi connectivity index (χ0n) is 9.54. The van der Waals surface area contributed by atoms with Crippen LogP contribution in [0.5, 0.6) is 0 Å². The third-order valence-corrected chi connectivity index (χ3v) is 3.18. The molecule has 2 nitrogen and oxygen atoms in total. The summed E-state index contributed by atoms with van der Waals surface area (Å²) in [4.78, 5) is 0. The molecular weight excluding hydrogens is 205 g/mol. The molecule has 2 rings (SSSR count). The highest BCUT2D eigenvalue weighted by atomic mass is 19.1. The molecule has 0 radical (unpaired) electrons. The Morgan fingerprint density at radius 1 is 1.56 bits per heavy atom. The van der Waals surface area contributed by atoms with Crippen molar-refractivity contribution in [2.24, 2.45) is 0 Å². The summed E-state index contributed by atoms with van der Waals surface area (Å²) in [7, 11) is 0. The van der Waals surface area contributed by atoms with Crippen LogP contribution in [0.2, 0.25) is 0 Å². The molecule has 1 unspecified atom stereocenters. The molecule has 1 aromatic carbocycles. The molecule has 0 spiro atoms. The Morgan fingerprint density at radius 2 is 2.38 bits per heavy atom. The summed E-state index contributed by atoms with van der Waals surface area (Å²) in [5.41, 5.74) is 2.29. The number of benzene rings is 1. The number of hydrogen-bond acceptors (Lipinski definition) is 2. The lowest BCUT2D eigenvalue weighted by Gasteiger charge is -2.28. The summed E-state index contributed by atoms with van der Waals surface area (Å²) >= 11 is 0. The largest absolute Gasteiger partial charge is 0.395 e. The summed E-state index contributed by atoms with van der Waals surface area (Å²) in [6, 6.07) is 5.26. The van der Waals surface area contributed by atoms with Crippen molar-refractivity contribution in [3.05, 3.63) is 35.1 Å². The maximum Gasteiger partial charge on any atom is 0.123 e. The molecule has 0 saturated heterocycles. The highest BCUT2D eigenvalue weighted by Gasteiger charge is 2.21. The quantitative estimate of drug-likeness (QED) is 0.823. The van der Waals surface area contributed by atoms with Crippen LogP contribution in [0.3, 0.4) is 0 Å². The second kappa shape index (κ2) is 4.93. The van der Waals surface area contributed by atoms with Crippen molar-refractivity contribution in [3.63, 3.8) is 0 Å². The van der Waals surface area contributed by atoms with Gasteiger partial charge >= 0.3 is 0 Å². The van der Waals surface area contributed by atoms with Crippen LogP contribution >= 0.6 is 0 Å². The Kier molecular flexibility index (Phi) is 3.56. The summed E-state index contributed by atoms with van der Waals surface area (Å²) < 4.78 is 13.2. The Morgan fingerprint density at radius 3 is 3.12 bits per heavy atom. The normalized spacial score (nSPS) is 21.6. The maximum atomic E-state index is 13.2. The van der Waals surface area contributed by atoms with E-state index in [0.29, 0.717) is 0 Å². The van der Waals surface area contributed by atoms with Crippen LogP contribution in [-0.4, -0.2) is 17.8 Å². The topological polar surface area (TPSA) is 32.3 Å². The highest BCUT2D eigenvalue weighted by Crippen LogP contribution is 2.30. The summed E-state index contributed by atoms with van der Waals surface area (Å²) in [6.45, 7) is 2.05. The standard InChI is InChI=1S/C13H18FNO/c1-9(8-16)15-13-4-2-3-10-5-6-11(14)7-12(10)13/h5-7,9,13,15-16H,2-4,8H2,1H3/t9-,13?/m0/s1. The van der Waals surface area contributed by atoms with E-state index >= 15 is 0 Å². The molecule has 0 saturated carbocycles. The van der Waals surface area contributed by atoms with Crippen molar-refractivity contribution in [3.8, 4) is 0 Å². The number of aliphatic hydroxyl groups is 1. The van der Waals surface area contributed by atoms with Crippen molar-refractivity contribution in [2.75, 3.05) is 6.61 Å². The van der Waals surface area contributed by atoms with Crippen molar-refractivity contribution in [1.82, 2.24) is 5.32 Å². The molecule has 0 fully saturated rings. The molecule has 16 heavy (non-hydrogen) atoms. The van der Waals surface area contributed by atoms with Crippen LogP contribution in [0.15, 0.2) is 18.2 Å². The van der Waals surface area contributed by atoms with Crippen LogP contribution < -0.4 is 5.32 Å².